The first-order valence-electron chi connectivity index (χ1n) is 8.51. The Hall–Kier alpha value is -3.41. The number of ether oxygens (including phenoxy) is 1. The average Bonchev–Trinajstić information content (AvgIpc) is 2.66. The van der Waals surface area contributed by atoms with E-state index in [4.69, 9.17) is 10.5 Å². The maximum atomic E-state index is 12.7. The smallest absolute Gasteiger partial charge is 0.316 e. The fraction of sp³-hybridized carbons (Fsp3) is 0.190. The maximum Gasteiger partial charge on any atom is 0.316 e. The van der Waals surface area contributed by atoms with Crippen LogP contribution in [0.2, 0.25) is 0 Å². The van der Waals surface area contributed by atoms with Crippen LogP contribution in [0.15, 0.2) is 60.8 Å². The van der Waals surface area contributed by atoms with Gasteiger partial charge in [0.05, 0.1) is 16.8 Å². The van der Waals surface area contributed by atoms with Crippen LogP contribution in [-0.4, -0.2) is 21.0 Å². The summed E-state index contributed by atoms with van der Waals surface area (Å²) in [6.07, 6.45) is 1.60. The zero-order valence-electron chi connectivity index (χ0n) is 15.2. The van der Waals surface area contributed by atoms with Crippen molar-refractivity contribution in [3.05, 3.63) is 71.9 Å². The lowest BCUT2D eigenvalue weighted by Gasteiger charge is -2.23. The molecule has 3 N–H and O–H groups in total. The molecule has 0 radical (unpaired) electrons. The highest BCUT2D eigenvalue weighted by atomic mass is 16.5. The summed E-state index contributed by atoms with van der Waals surface area (Å²) in [5.74, 6) is -0.142. The molecule has 3 rings (SSSR count). The van der Waals surface area contributed by atoms with E-state index >= 15 is 0 Å². The highest BCUT2D eigenvalue weighted by molar-refractivity contribution is 5.82. The van der Waals surface area contributed by atoms with Crippen LogP contribution < -0.4 is 5.73 Å². The van der Waals surface area contributed by atoms with Gasteiger partial charge in [0.15, 0.2) is 0 Å². The number of aromatic hydroxyl groups is 1. The van der Waals surface area contributed by atoms with Crippen molar-refractivity contribution in [2.45, 2.75) is 25.9 Å². The van der Waals surface area contributed by atoms with Crippen molar-refractivity contribution in [3.8, 4) is 17.1 Å². The Bertz CT molecular complexity index is 936. The van der Waals surface area contributed by atoms with Gasteiger partial charge in [-0.3, -0.25) is 9.78 Å². The van der Waals surface area contributed by atoms with E-state index in [1.54, 1.807) is 32.2 Å². The predicted octanol–water partition coefficient (Wildman–Crippen LogP) is 3.45. The standard InChI is InChI=1S/C21H21N3O3/c1-21(2,20(26)27-13-14-6-4-3-5-7-14)15-8-9-23-17(10-15)18-11-16(25)12-19(22)24-18/h3-12H,13H2,1-2H3,(H3,22,24,25). The summed E-state index contributed by atoms with van der Waals surface area (Å²) in [5.41, 5.74) is 7.41. The Balaban J connectivity index is 1.82. The highest BCUT2D eigenvalue weighted by Crippen LogP contribution is 2.29. The van der Waals surface area contributed by atoms with E-state index in [0.29, 0.717) is 11.4 Å². The molecule has 1 aromatic carbocycles. The van der Waals surface area contributed by atoms with Crippen molar-refractivity contribution in [2.24, 2.45) is 0 Å². The zero-order valence-corrected chi connectivity index (χ0v) is 15.2. The van der Waals surface area contributed by atoms with Crippen molar-refractivity contribution in [1.29, 1.82) is 0 Å². The van der Waals surface area contributed by atoms with Gasteiger partial charge in [-0.25, -0.2) is 4.98 Å². The molecule has 0 bridgehead atoms. The number of nitrogen functional groups attached to an aromatic ring is 1. The minimum atomic E-state index is -0.880. The summed E-state index contributed by atoms with van der Waals surface area (Å²) in [5, 5.41) is 9.73. The van der Waals surface area contributed by atoms with Crippen molar-refractivity contribution in [3.63, 3.8) is 0 Å². The minimum absolute atomic E-state index is 0.00577. The summed E-state index contributed by atoms with van der Waals surface area (Å²) in [4.78, 5) is 21.1. The maximum absolute atomic E-state index is 12.7. The van der Waals surface area contributed by atoms with Crippen LogP contribution >= 0.6 is 0 Å². The number of aromatic nitrogens is 2. The second kappa shape index (κ2) is 7.45. The molecule has 138 valence electrons. The summed E-state index contributed by atoms with van der Waals surface area (Å²) in [7, 11) is 0. The second-order valence-corrected chi connectivity index (χ2v) is 6.75. The Morgan fingerprint density at radius 1 is 1.11 bits per heavy atom. The highest BCUT2D eigenvalue weighted by Gasteiger charge is 2.32. The van der Waals surface area contributed by atoms with E-state index in [-0.39, 0.29) is 24.1 Å². The minimum Gasteiger partial charge on any atom is -0.508 e. The van der Waals surface area contributed by atoms with Crippen LogP contribution in [0.5, 0.6) is 5.75 Å². The van der Waals surface area contributed by atoms with Gasteiger partial charge in [0.25, 0.3) is 0 Å². The van der Waals surface area contributed by atoms with E-state index < -0.39 is 5.41 Å². The van der Waals surface area contributed by atoms with Gasteiger partial charge in [-0.15, -0.1) is 0 Å². The molecule has 0 aliphatic heterocycles. The first-order valence-corrected chi connectivity index (χ1v) is 8.51. The van der Waals surface area contributed by atoms with Crippen molar-refractivity contribution >= 4 is 11.8 Å². The number of esters is 1. The number of hydrogen-bond donors (Lipinski definition) is 2. The van der Waals surface area contributed by atoms with Crippen LogP contribution in [0.1, 0.15) is 25.0 Å². The monoisotopic (exact) mass is 363 g/mol. The summed E-state index contributed by atoms with van der Waals surface area (Å²) in [6, 6.07) is 15.9. The topological polar surface area (TPSA) is 98.3 Å². The number of pyridine rings is 2. The molecule has 3 aromatic rings. The third-order valence-electron chi connectivity index (χ3n) is 4.30. The third-order valence-corrected chi connectivity index (χ3v) is 4.30. The van der Waals surface area contributed by atoms with Crippen molar-refractivity contribution < 1.29 is 14.6 Å². The summed E-state index contributed by atoms with van der Waals surface area (Å²) >= 11 is 0. The van der Waals surface area contributed by atoms with Gasteiger partial charge < -0.3 is 15.6 Å². The Morgan fingerprint density at radius 3 is 2.56 bits per heavy atom. The number of carbonyl (C=O) groups excluding carboxylic acids is 1. The van der Waals surface area contributed by atoms with E-state index in [1.807, 2.05) is 30.3 Å². The molecule has 27 heavy (non-hydrogen) atoms. The first kappa shape index (κ1) is 18.4. The molecule has 2 aromatic heterocycles. The van der Waals surface area contributed by atoms with Gasteiger partial charge in [-0.1, -0.05) is 30.3 Å². The number of carbonyl (C=O) groups is 1. The predicted molar refractivity (Wildman–Crippen MR) is 103 cm³/mol. The van der Waals surface area contributed by atoms with Crippen LogP contribution in [0, 0.1) is 0 Å². The Labute approximate surface area is 157 Å². The molecule has 2 heterocycles. The van der Waals surface area contributed by atoms with E-state index in [9.17, 15) is 9.90 Å². The molecule has 0 saturated carbocycles. The van der Waals surface area contributed by atoms with E-state index in [1.165, 1.54) is 12.1 Å². The summed E-state index contributed by atoms with van der Waals surface area (Å²) < 4.78 is 5.50. The number of hydrogen-bond acceptors (Lipinski definition) is 6. The van der Waals surface area contributed by atoms with Gasteiger partial charge in [0.1, 0.15) is 18.2 Å². The molecule has 0 atom stereocenters. The normalized spacial score (nSPS) is 11.2. The number of anilines is 1. The average molecular weight is 363 g/mol. The molecule has 0 spiro atoms. The number of benzene rings is 1. The fourth-order valence-corrected chi connectivity index (χ4v) is 2.65. The van der Waals surface area contributed by atoms with Crippen LogP contribution in [-0.2, 0) is 21.6 Å². The number of rotatable bonds is 5. The van der Waals surface area contributed by atoms with Crippen LogP contribution in [0.4, 0.5) is 5.82 Å². The molecule has 0 aliphatic carbocycles. The van der Waals surface area contributed by atoms with E-state index in [2.05, 4.69) is 9.97 Å². The molecule has 6 nitrogen and oxygen atoms in total. The van der Waals surface area contributed by atoms with Crippen molar-refractivity contribution in [2.75, 3.05) is 5.73 Å². The molecule has 6 heteroatoms. The molecular weight excluding hydrogens is 342 g/mol. The lowest BCUT2D eigenvalue weighted by molar-refractivity contribution is -0.150. The van der Waals surface area contributed by atoms with Crippen LogP contribution in [0.25, 0.3) is 11.4 Å². The Morgan fingerprint density at radius 2 is 1.85 bits per heavy atom. The molecule has 0 fully saturated rings. The van der Waals surface area contributed by atoms with Crippen LogP contribution in [0.3, 0.4) is 0 Å². The molecule has 0 saturated heterocycles. The lowest BCUT2D eigenvalue weighted by atomic mass is 9.84. The number of nitrogens with zero attached hydrogens (tertiary/aromatic N) is 2. The second-order valence-electron chi connectivity index (χ2n) is 6.75. The van der Waals surface area contributed by atoms with Gasteiger partial charge in [-0.05, 0) is 37.1 Å². The lowest BCUT2D eigenvalue weighted by Crippen LogP contribution is -2.31. The number of nitrogens with two attached hydrogens (primary N) is 1. The summed E-state index contributed by atoms with van der Waals surface area (Å²) in [6.45, 7) is 3.80. The third kappa shape index (κ3) is 4.23. The van der Waals surface area contributed by atoms with E-state index in [0.717, 1.165) is 11.1 Å². The van der Waals surface area contributed by atoms with Crippen molar-refractivity contribution in [1.82, 2.24) is 9.97 Å². The SMILES string of the molecule is CC(C)(C(=O)OCc1ccccc1)c1ccnc(-c2cc(O)cc(N)n2)c1. The zero-order chi connectivity index (χ0) is 19.4. The quantitative estimate of drug-likeness (QED) is 0.674. The van der Waals surface area contributed by atoms with Gasteiger partial charge in [0.2, 0.25) is 0 Å². The van der Waals surface area contributed by atoms with Gasteiger partial charge in [-0.2, -0.15) is 0 Å². The largest absolute Gasteiger partial charge is 0.508 e. The molecular formula is C21H21N3O3. The Kier molecular flexibility index (Phi) is 5.07. The first-order chi connectivity index (χ1) is 12.9. The fourth-order valence-electron chi connectivity index (χ4n) is 2.65. The molecule has 0 aliphatic rings. The van der Waals surface area contributed by atoms with Gasteiger partial charge >= 0.3 is 5.97 Å². The molecule has 0 amide bonds. The molecule has 0 unspecified atom stereocenters. The van der Waals surface area contributed by atoms with Gasteiger partial charge in [0, 0.05) is 18.3 Å².